The molecule has 0 fully saturated rings. The number of carbonyl (C=O) groups excluding carboxylic acids is 1. The summed E-state index contributed by atoms with van der Waals surface area (Å²) < 4.78 is 0. The first-order valence-electron chi connectivity index (χ1n) is 7.10. The normalized spacial score (nSPS) is 12.8. The molecule has 1 aliphatic rings. The predicted molar refractivity (Wildman–Crippen MR) is 88.3 cm³/mol. The quantitative estimate of drug-likeness (QED) is 0.391. The SMILES string of the molecule is O=C(O)/C=C/c1ccccc1C(=O)/C=C/c1cccc2c1[N+]([O-])=N2. The Morgan fingerprint density at radius 1 is 1.00 bits per heavy atom. The van der Waals surface area contributed by atoms with Gasteiger partial charge in [-0.1, -0.05) is 30.3 Å². The molecule has 0 amide bonds. The number of fused-ring (bicyclic) bond motifs is 1. The van der Waals surface area contributed by atoms with E-state index in [2.05, 4.69) is 5.11 Å². The summed E-state index contributed by atoms with van der Waals surface area (Å²) in [4.78, 5) is 23.6. The highest BCUT2D eigenvalue weighted by Gasteiger charge is 2.26. The lowest BCUT2D eigenvalue weighted by molar-refractivity contribution is -0.454. The number of carboxylic acid groups (broad SMARTS) is 1. The Labute approximate surface area is 137 Å². The zero-order chi connectivity index (χ0) is 17.1. The Morgan fingerprint density at radius 3 is 2.46 bits per heavy atom. The van der Waals surface area contributed by atoms with Gasteiger partial charge in [-0.2, -0.15) is 0 Å². The van der Waals surface area contributed by atoms with Crippen molar-refractivity contribution in [3.05, 3.63) is 76.5 Å². The molecular formula is C18H12N2O4. The van der Waals surface area contributed by atoms with Crippen LogP contribution >= 0.6 is 0 Å². The summed E-state index contributed by atoms with van der Waals surface area (Å²) in [7, 11) is 0. The number of ketones is 1. The number of carboxylic acids is 1. The molecule has 3 rings (SSSR count). The van der Waals surface area contributed by atoms with E-state index >= 15 is 0 Å². The molecule has 0 atom stereocenters. The fraction of sp³-hybridized carbons (Fsp3) is 0. The molecule has 0 aromatic heterocycles. The van der Waals surface area contributed by atoms with Gasteiger partial charge in [-0.25, -0.2) is 4.79 Å². The maximum atomic E-state index is 12.4. The Hall–Kier alpha value is -3.54. The molecule has 2 aromatic carbocycles. The van der Waals surface area contributed by atoms with Gasteiger partial charge in [0.2, 0.25) is 5.69 Å². The first-order chi connectivity index (χ1) is 11.6. The van der Waals surface area contributed by atoms with Gasteiger partial charge < -0.3 is 10.3 Å². The fourth-order valence-electron chi connectivity index (χ4n) is 2.36. The van der Waals surface area contributed by atoms with Crippen LogP contribution in [0.15, 0.2) is 59.7 Å². The second kappa shape index (κ2) is 6.29. The van der Waals surface area contributed by atoms with Gasteiger partial charge in [0, 0.05) is 16.8 Å². The summed E-state index contributed by atoms with van der Waals surface area (Å²) in [5, 5.41) is 23.8. The average molecular weight is 320 g/mol. The van der Waals surface area contributed by atoms with E-state index in [-0.39, 0.29) is 5.78 Å². The standard InChI is InChI=1S/C18H12N2O4/c21-16(14-6-2-1-4-12(14)9-11-17(22)23)10-8-13-5-3-7-15-18(13)20(24)19-15/h1-11H,(H,22,23)/b10-8+,11-9+. The Bertz CT molecular complexity index is 926. The van der Waals surface area contributed by atoms with Gasteiger partial charge >= 0.3 is 5.97 Å². The van der Waals surface area contributed by atoms with Gasteiger partial charge in [-0.15, -0.1) is 0 Å². The van der Waals surface area contributed by atoms with Crippen LogP contribution in [0.5, 0.6) is 0 Å². The number of hydrogen-bond acceptors (Lipinski definition) is 4. The molecule has 118 valence electrons. The van der Waals surface area contributed by atoms with Crippen molar-refractivity contribution in [1.82, 2.24) is 0 Å². The monoisotopic (exact) mass is 320 g/mol. The number of azo groups is 1. The number of nitrogens with zero attached hydrogens (tertiary/aromatic N) is 2. The van der Waals surface area contributed by atoms with Gasteiger partial charge in [0.1, 0.15) is 0 Å². The van der Waals surface area contributed by atoms with Crippen LogP contribution in [0.2, 0.25) is 0 Å². The van der Waals surface area contributed by atoms with Crippen molar-refractivity contribution < 1.29 is 19.6 Å². The minimum absolute atomic E-state index is 0.285. The second-order valence-electron chi connectivity index (χ2n) is 5.04. The van der Waals surface area contributed by atoms with Crippen LogP contribution in [-0.2, 0) is 4.79 Å². The third-order valence-electron chi connectivity index (χ3n) is 3.48. The van der Waals surface area contributed by atoms with Crippen LogP contribution in [0.25, 0.3) is 12.2 Å². The molecule has 1 aliphatic heterocycles. The summed E-state index contributed by atoms with van der Waals surface area (Å²) in [5.74, 6) is -1.37. The van der Waals surface area contributed by atoms with Crippen LogP contribution in [-0.4, -0.2) is 21.7 Å². The summed E-state index contributed by atoms with van der Waals surface area (Å²) in [6, 6.07) is 11.9. The first-order valence-corrected chi connectivity index (χ1v) is 7.10. The predicted octanol–water partition coefficient (Wildman–Crippen LogP) is 3.92. The molecule has 6 nitrogen and oxygen atoms in total. The topological polar surface area (TPSA) is 92.8 Å². The van der Waals surface area contributed by atoms with Crippen LogP contribution in [0.4, 0.5) is 11.4 Å². The minimum atomic E-state index is -1.09. The lowest BCUT2D eigenvalue weighted by atomic mass is 10.0. The van der Waals surface area contributed by atoms with Crippen molar-refractivity contribution in [2.45, 2.75) is 0 Å². The molecule has 0 saturated carbocycles. The van der Waals surface area contributed by atoms with Crippen molar-refractivity contribution in [3.63, 3.8) is 0 Å². The summed E-state index contributed by atoms with van der Waals surface area (Å²) in [6.07, 6.45) is 5.26. The molecule has 2 aromatic rings. The lowest BCUT2D eigenvalue weighted by Crippen LogP contribution is -2.02. The number of aliphatic carboxylic acids is 1. The molecule has 0 radical (unpaired) electrons. The molecule has 24 heavy (non-hydrogen) atoms. The molecular weight excluding hydrogens is 308 g/mol. The third-order valence-corrected chi connectivity index (χ3v) is 3.48. The van der Waals surface area contributed by atoms with E-state index < -0.39 is 5.97 Å². The highest BCUT2D eigenvalue weighted by Crippen LogP contribution is 2.39. The Kier molecular flexibility index (Phi) is 4.03. The summed E-state index contributed by atoms with van der Waals surface area (Å²) in [5.41, 5.74) is 2.51. The molecule has 0 unspecified atom stereocenters. The van der Waals surface area contributed by atoms with Crippen molar-refractivity contribution >= 4 is 35.3 Å². The summed E-state index contributed by atoms with van der Waals surface area (Å²) in [6.45, 7) is 0. The number of rotatable bonds is 5. The maximum Gasteiger partial charge on any atom is 0.328 e. The van der Waals surface area contributed by atoms with Crippen molar-refractivity contribution in [1.29, 1.82) is 0 Å². The first kappa shape index (κ1) is 15.4. The maximum absolute atomic E-state index is 12.4. The van der Waals surface area contributed by atoms with E-state index in [4.69, 9.17) is 5.11 Å². The van der Waals surface area contributed by atoms with Crippen molar-refractivity contribution in [2.75, 3.05) is 0 Å². The van der Waals surface area contributed by atoms with Crippen LogP contribution in [0.3, 0.4) is 0 Å². The van der Waals surface area contributed by atoms with E-state index in [1.165, 1.54) is 12.2 Å². The van der Waals surface area contributed by atoms with Gasteiger partial charge in [0.05, 0.1) is 5.56 Å². The van der Waals surface area contributed by atoms with E-state index in [1.807, 2.05) is 0 Å². The summed E-state index contributed by atoms with van der Waals surface area (Å²) >= 11 is 0. The lowest BCUT2D eigenvalue weighted by Gasteiger charge is -2.11. The van der Waals surface area contributed by atoms with Crippen LogP contribution < -0.4 is 0 Å². The molecule has 1 heterocycles. The van der Waals surface area contributed by atoms with Gasteiger partial charge in [0.15, 0.2) is 5.78 Å². The number of benzene rings is 2. The number of allylic oxidation sites excluding steroid dienone is 1. The van der Waals surface area contributed by atoms with Crippen molar-refractivity contribution in [3.8, 4) is 0 Å². The van der Waals surface area contributed by atoms with Crippen LogP contribution in [0, 0.1) is 5.21 Å². The van der Waals surface area contributed by atoms with Gasteiger partial charge in [-0.3, -0.25) is 4.79 Å². The molecule has 1 N–H and O–H groups in total. The number of hydrogen-bond donors (Lipinski definition) is 1. The van der Waals surface area contributed by atoms with Gasteiger partial charge in [0.25, 0.3) is 5.69 Å². The molecule has 0 spiro atoms. The van der Waals surface area contributed by atoms with E-state index in [0.717, 1.165) is 6.08 Å². The highest BCUT2D eigenvalue weighted by molar-refractivity contribution is 6.09. The zero-order valence-corrected chi connectivity index (χ0v) is 12.4. The number of para-hydroxylation sites is 1. The number of carbonyl (C=O) groups is 2. The highest BCUT2D eigenvalue weighted by atomic mass is 16.5. The zero-order valence-electron chi connectivity index (χ0n) is 12.4. The van der Waals surface area contributed by atoms with Crippen LogP contribution in [0.1, 0.15) is 21.5 Å². The molecule has 0 bridgehead atoms. The Balaban J connectivity index is 1.87. The largest absolute Gasteiger partial charge is 0.594 e. The van der Waals surface area contributed by atoms with E-state index in [9.17, 15) is 14.8 Å². The smallest absolute Gasteiger partial charge is 0.328 e. The van der Waals surface area contributed by atoms with Gasteiger partial charge in [-0.05, 0) is 40.8 Å². The molecule has 0 saturated heterocycles. The fourth-order valence-corrected chi connectivity index (χ4v) is 2.36. The third kappa shape index (κ3) is 2.98. The average Bonchev–Trinajstić information content (AvgIpc) is 2.56. The van der Waals surface area contributed by atoms with E-state index in [1.54, 1.807) is 48.5 Å². The minimum Gasteiger partial charge on any atom is -0.594 e. The molecule has 0 aliphatic carbocycles. The second-order valence-corrected chi connectivity index (χ2v) is 5.04. The van der Waals surface area contributed by atoms with Crippen molar-refractivity contribution in [2.24, 2.45) is 5.11 Å². The molecule has 6 heteroatoms. The van der Waals surface area contributed by atoms with E-state index in [0.29, 0.717) is 32.9 Å². The Morgan fingerprint density at radius 2 is 1.71 bits per heavy atom.